The van der Waals surface area contributed by atoms with Gasteiger partial charge in [-0.25, -0.2) is 0 Å². The van der Waals surface area contributed by atoms with E-state index in [-0.39, 0.29) is 5.41 Å². The minimum atomic E-state index is -0.539. The maximum atomic E-state index is 6.72. The molecule has 0 aromatic heterocycles. The lowest BCUT2D eigenvalue weighted by Gasteiger charge is -2.61. The number of para-hydroxylation sites is 1. The quantitative estimate of drug-likeness (QED) is 0.178. The van der Waals surface area contributed by atoms with E-state index in [1.807, 2.05) is 0 Å². The number of benzene rings is 7. The van der Waals surface area contributed by atoms with Crippen LogP contribution in [0, 0.1) is 23.7 Å². The van der Waals surface area contributed by atoms with Crippen molar-refractivity contribution in [1.82, 2.24) is 0 Å². The van der Waals surface area contributed by atoms with Crippen LogP contribution < -0.4 is 4.74 Å². The third kappa shape index (κ3) is 4.10. The van der Waals surface area contributed by atoms with E-state index in [4.69, 9.17) is 4.74 Å². The third-order valence-electron chi connectivity index (χ3n) is 14.4. The Bertz CT molecular complexity index is 2530. The zero-order valence-corrected chi connectivity index (χ0v) is 30.4. The molecule has 1 heterocycles. The summed E-state index contributed by atoms with van der Waals surface area (Å²) in [6, 6.07) is 63.5. The summed E-state index contributed by atoms with van der Waals surface area (Å²) in [5.41, 5.74) is 15.6. The third-order valence-corrected chi connectivity index (χ3v) is 14.4. The van der Waals surface area contributed by atoms with Crippen LogP contribution >= 0.6 is 0 Å². The molecule has 0 N–H and O–H groups in total. The number of hydrogen-bond donors (Lipinski definition) is 0. The first kappa shape index (κ1) is 30.8. The fraction of sp³-hybridized carbons (Fsp3) is 0.208. The summed E-state index contributed by atoms with van der Waals surface area (Å²) < 4.78 is 6.72. The van der Waals surface area contributed by atoms with E-state index in [9.17, 15) is 0 Å². The van der Waals surface area contributed by atoms with Gasteiger partial charge in [-0.2, -0.15) is 0 Å². The standard InChI is InChI=1S/C53H42O/c1-3-14-40(15-4-1)52(41-16-5-2-6-17-41)47-20-9-10-21-50(47)54-51-25-23-39(33-49(51)52)37-13-11-12-36(31-37)38-22-24-45-44-18-7-8-19-46(44)53(48(45)32-38)42-27-34-26-35(29-42)30-43(53)28-34/h1-25,31-35,42-43H,26-30H2. The Morgan fingerprint density at radius 2 is 0.889 bits per heavy atom. The summed E-state index contributed by atoms with van der Waals surface area (Å²) in [5, 5.41) is 0. The molecule has 1 aliphatic heterocycles. The molecular formula is C53H42O. The van der Waals surface area contributed by atoms with E-state index in [1.165, 1.54) is 87.7 Å². The van der Waals surface area contributed by atoms with E-state index >= 15 is 0 Å². The summed E-state index contributed by atoms with van der Waals surface area (Å²) in [6.07, 6.45) is 7.09. The fourth-order valence-electron chi connectivity index (χ4n) is 12.6. The van der Waals surface area contributed by atoms with Gasteiger partial charge in [0, 0.05) is 16.5 Å². The van der Waals surface area contributed by atoms with Crippen LogP contribution in [-0.2, 0) is 10.8 Å². The molecule has 7 aromatic rings. The average Bonchev–Trinajstić information content (AvgIpc) is 3.52. The average molecular weight is 695 g/mol. The van der Waals surface area contributed by atoms with Gasteiger partial charge in [0.2, 0.25) is 0 Å². The number of fused-ring (bicyclic) bond motifs is 5. The minimum absolute atomic E-state index is 0.167. The highest BCUT2D eigenvalue weighted by molar-refractivity contribution is 5.85. The lowest BCUT2D eigenvalue weighted by Crippen LogP contribution is -2.55. The fourth-order valence-corrected chi connectivity index (χ4v) is 12.6. The Morgan fingerprint density at radius 3 is 1.57 bits per heavy atom. The normalized spacial score (nSPS) is 24.7. The summed E-state index contributed by atoms with van der Waals surface area (Å²) in [4.78, 5) is 0. The predicted molar refractivity (Wildman–Crippen MR) is 219 cm³/mol. The lowest BCUT2D eigenvalue weighted by atomic mass is 9.43. The van der Waals surface area contributed by atoms with Gasteiger partial charge in [-0.15, -0.1) is 0 Å². The lowest BCUT2D eigenvalue weighted by molar-refractivity contribution is -0.0399. The molecule has 0 saturated heterocycles. The molecule has 0 amide bonds. The van der Waals surface area contributed by atoms with E-state index in [0.29, 0.717) is 0 Å². The van der Waals surface area contributed by atoms with Gasteiger partial charge in [-0.3, -0.25) is 0 Å². The van der Waals surface area contributed by atoms with Crippen molar-refractivity contribution < 1.29 is 4.74 Å². The molecule has 0 unspecified atom stereocenters. The van der Waals surface area contributed by atoms with Crippen molar-refractivity contribution in [2.24, 2.45) is 23.7 Å². The molecule has 1 spiro atoms. The van der Waals surface area contributed by atoms with Crippen molar-refractivity contribution in [2.75, 3.05) is 0 Å². The van der Waals surface area contributed by atoms with Crippen LogP contribution in [0.1, 0.15) is 65.5 Å². The second-order valence-electron chi connectivity index (χ2n) is 16.9. The highest BCUT2D eigenvalue weighted by atomic mass is 16.5. The van der Waals surface area contributed by atoms with E-state index in [2.05, 4.69) is 170 Å². The van der Waals surface area contributed by atoms with Gasteiger partial charge in [0.05, 0.1) is 5.41 Å². The first-order chi connectivity index (χ1) is 26.7. The van der Waals surface area contributed by atoms with E-state index < -0.39 is 5.41 Å². The van der Waals surface area contributed by atoms with Crippen molar-refractivity contribution in [2.45, 2.75) is 42.9 Å². The van der Waals surface area contributed by atoms with E-state index in [0.717, 1.165) is 35.2 Å². The molecule has 4 fully saturated rings. The van der Waals surface area contributed by atoms with Crippen molar-refractivity contribution in [3.05, 3.63) is 203 Å². The van der Waals surface area contributed by atoms with Gasteiger partial charge in [-0.05, 0) is 142 Å². The topological polar surface area (TPSA) is 9.23 Å². The van der Waals surface area contributed by atoms with Crippen LogP contribution in [0.15, 0.2) is 170 Å². The van der Waals surface area contributed by atoms with Gasteiger partial charge in [0.25, 0.3) is 0 Å². The summed E-state index contributed by atoms with van der Waals surface area (Å²) in [5.74, 6) is 5.20. The minimum Gasteiger partial charge on any atom is -0.457 e. The summed E-state index contributed by atoms with van der Waals surface area (Å²) in [7, 11) is 0. The monoisotopic (exact) mass is 694 g/mol. The highest BCUT2D eigenvalue weighted by Crippen LogP contribution is 2.69. The Morgan fingerprint density at radius 1 is 0.370 bits per heavy atom. The van der Waals surface area contributed by atoms with Crippen molar-refractivity contribution >= 4 is 0 Å². The highest BCUT2D eigenvalue weighted by Gasteiger charge is 2.61. The number of hydrogen-bond acceptors (Lipinski definition) is 1. The molecule has 4 bridgehead atoms. The van der Waals surface area contributed by atoms with Crippen molar-refractivity contribution in [1.29, 1.82) is 0 Å². The molecular weight excluding hydrogens is 653 g/mol. The van der Waals surface area contributed by atoms with Crippen molar-refractivity contribution in [3.8, 4) is 44.9 Å². The SMILES string of the molecule is c1ccc(C2(c3ccccc3)c3ccccc3Oc3ccc(-c4cccc(-c5ccc6c(c5)C5(c7ccccc7-6)C6CC7CC(C6)CC5C7)c4)cc32)cc1. The van der Waals surface area contributed by atoms with Crippen LogP contribution in [0.25, 0.3) is 33.4 Å². The van der Waals surface area contributed by atoms with Crippen molar-refractivity contribution in [3.63, 3.8) is 0 Å². The smallest absolute Gasteiger partial charge is 0.132 e. The molecule has 13 rings (SSSR count). The van der Waals surface area contributed by atoms with Gasteiger partial charge in [0.15, 0.2) is 0 Å². The molecule has 4 saturated carbocycles. The van der Waals surface area contributed by atoms with E-state index in [1.54, 1.807) is 11.1 Å². The van der Waals surface area contributed by atoms with Crippen LogP contribution in [0.5, 0.6) is 11.5 Å². The molecule has 260 valence electrons. The number of ether oxygens (including phenoxy) is 1. The van der Waals surface area contributed by atoms with Crippen LogP contribution in [0.3, 0.4) is 0 Å². The Hall–Kier alpha value is -5.66. The van der Waals surface area contributed by atoms with Crippen LogP contribution in [-0.4, -0.2) is 0 Å². The molecule has 1 nitrogen and oxygen atoms in total. The van der Waals surface area contributed by atoms with Gasteiger partial charge < -0.3 is 4.74 Å². The summed E-state index contributed by atoms with van der Waals surface area (Å²) in [6.45, 7) is 0. The molecule has 5 aliphatic carbocycles. The summed E-state index contributed by atoms with van der Waals surface area (Å²) >= 11 is 0. The molecule has 6 aliphatic rings. The second kappa shape index (κ2) is 11.4. The van der Waals surface area contributed by atoms with Gasteiger partial charge in [0.1, 0.15) is 11.5 Å². The Labute approximate surface area is 318 Å². The molecule has 7 aromatic carbocycles. The first-order valence-electron chi connectivity index (χ1n) is 20.1. The molecule has 0 radical (unpaired) electrons. The zero-order chi connectivity index (χ0) is 35.4. The molecule has 0 atom stereocenters. The Kier molecular flexibility index (Phi) is 6.51. The van der Waals surface area contributed by atoms with Crippen LogP contribution in [0.2, 0.25) is 0 Å². The molecule has 54 heavy (non-hydrogen) atoms. The molecule has 1 heteroatoms. The second-order valence-corrected chi connectivity index (χ2v) is 16.9. The van der Waals surface area contributed by atoms with Gasteiger partial charge >= 0.3 is 0 Å². The van der Waals surface area contributed by atoms with Crippen LogP contribution in [0.4, 0.5) is 0 Å². The maximum absolute atomic E-state index is 6.72. The Balaban J connectivity index is 1.01. The largest absolute Gasteiger partial charge is 0.457 e. The maximum Gasteiger partial charge on any atom is 0.132 e. The van der Waals surface area contributed by atoms with Gasteiger partial charge in [-0.1, -0.05) is 140 Å². The zero-order valence-electron chi connectivity index (χ0n) is 30.4. The number of rotatable bonds is 4. The predicted octanol–water partition coefficient (Wildman–Crippen LogP) is 13.2. The first-order valence-corrected chi connectivity index (χ1v) is 20.1.